The molecule has 3 nitrogen and oxygen atoms in total. The van der Waals surface area contributed by atoms with Gasteiger partial charge in [-0.05, 0) is 29.0 Å². The van der Waals surface area contributed by atoms with E-state index in [4.69, 9.17) is 14.2 Å². The Morgan fingerprint density at radius 1 is 1.07 bits per heavy atom. The van der Waals surface area contributed by atoms with Gasteiger partial charge in [-0.2, -0.15) is 0 Å². The Hall–Kier alpha value is 0.0469. The molecule has 1 aliphatic carbocycles. The van der Waals surface area contributed by atoms with Gasteiger partial charge in [0.1, 0.15) is 0 Å². The van der Waals surface area contributed by atoms with Crippen LogP contribution in [-0.2, 0) is 20.8 Å². The number of rotatable bonds is 7. The number of hydrogen-bond acceptors (Lipinski definition) is 3. The summed E-state index contributed by atoms with van der Waals surface area (Å²) in [5.41, 5.74) is 1.74. The third-order valence-corrected chi connectivity index (χ3v) is 15.7. The van der Waals surface area contributed by atoms with Gasteiger partial charge in [-0.3, -0.25) is 0 Å². The maximum absolute atomic E-state index is 6.59. The molecular weight excluding hydrogens is 491 g/mol. The van der Waals surface area contributed by atoms with Gasteiger partial charge in [-0.1, -0.05) is 106 Å². The van der Waals surface area contributed by atoms with Crippen molar-refractivity contribution in [2.24, 2.45) is 0 Å². The SMILES string of the molecule is CC(C)(C)[Si](C)(C)[C@H]1[C@H](I)[C@H](OC2CCCCC2)O[C@@H]1COCc1ccccc1. The molecule has 1 heterocycles. The van der Waals surface area contributed by atoms with Crippen molar-refractivity contribution in [3.8, 4) is 0 Å². The van der Waals surface area contributed by atoms with Crippen molar-refractivity contribution in [1.29, 1.82) is 0 Å². The van der Waals surface area contributed by atoms with Crippen LogP contribution in [0.5, 0.6) is 0 Å². The summed E-state index contributed by atoms with van der Waals surface area (Å²) >= 11 is 2.63. The lowest BCUT2D eigenvalue weighted by Crippen LogP contribution is -2.49. The van der Waals surface area contributed by atoms with Gasteiger partial charge in [0.2, 0.25) is 0 Å². The molecule has 1 saturated carbocycles. The first kappa shape index (κ1) is 23.7. The minimum atomic E-state index is -1.63. The maximum Gasteiger partial charge on any atom is 0.170 e. The van der Waals surface area contributed by atoms with Crippen molar-refractivity contribution in [2.45, 2.75) is 106 Å². The summed E-state index contributed by atoms with van der Waals surface area (Å²) in [4.78, 5) is 0. The van der Waals surface area contributed by atoms with Gasteiger partial charge >= 0.3 is 0 Å². The zero-order valence-electron chi connectivity index (χ0n) is 18.8. The van der Waals surface area contributed by atoms with Crippen molar-refractivity contribution in [3.05, 3.63) is 35.9 Å². The predicted molar refractivity (Wildman–Crippen MR) is 131 cm³/mol. The molecule has 3 rings (SSSR count). The summed E-state index contributed by atoms with van der Waals surface area (Å²) in [6, 6.07) is 10.4. The Bertz CT molecular complexity index is 625. The molecule has 0 unspecified atom stereocenters. The standard InChI is InChI=1S/C24H39IO3Si/c1-24(2,3)29(4,5)22-20(17-26-16-18-12-8-6-9-13-18)28-23(21(22)25)27-19-14-10-7-11-15-19/h6,8-9,12-13,19-23H,7,10-11,14-17H2,1-5H3/t20-,21+,22-,23-/m1/s1. The highest BCUT2D eigenvalue weighted by atomic mass is 127. The molecular formula is C24H39IO3Si. The lowest BCUT2D eigenvalue weighted by molar-refractivity contribution is -0.172. The normalized spacial score (nSPS) is 29.3. The Morgan fingerprint density at radius 3 is 2.34 bits per heavy atom. The summed E-state index contributed by atoms with van der Waals surface area (Å²) in [5.74, 6) is 0. The van der Waals surface area contributed by atoms with Crippen LogP contribution in [0.2, 0.25) is 23.7 Å². The molecule has 1 aliphatic heterocycles. The van der Waals surface area contributed by atoms with E-state index in [-0.39, 0.29) is 12.4 Å². The first-order chi connectivity index (χ1) is 13.7. The van der Waals surface area contributed by atoms with Crippen LogP contribution in [0.3, 0.4) is 0 Å². The Balaban J connectivity index is 1.69. The molecule has 2 fully saturated rings. The van der Waals surface area contributed by atoms with E-state index >= 15 is 0 Å². The molecule has 164 valence electrons. The van der Waals surface area contributed by atoms with Crippen molar-refractivity contribution >= 4 is 30.7 Å². The topological polar surface area (TPSA) is 27.7 Å². The molecule has 2 aliphatic rings. The molecule has 1 aromatic rings. The fourth-order valence-electron chi connectivity index (χ4n) is 4.58. The molecule has 0 spiro atoms. The fourth-order valence-corrected chi connectivity index (χ4v) is 11.1. The Labute approximate surface area is 192 Å². The van der Waals surface area contributed by atoms with E-state index in [9.17, 15) is 0 Å². The zero-order chi connectivity index (χ0) is 21.1. The van der Waals surface area contributed by atoms with Gasteiger partial charge in [0.15, 0.2) is 6.29 Å². The summed E-state index contributed by atoms with van der Waals surface area (Å²) in [6.45, 7) is 13.6. The molecule has 0 amide bonds. The second-order valence-electron chi connectivity index (χ2n) is 10.4. The van der Waals surface area contributed by atoms with Crippen LogP contribution in [0.25, 0.3) is 0 Å². The number of alkyl halides is 1. The second-order valence-corrected chi connectivity index (χ2v) is 17.4. The van der Waals surface area contributed by atoms with Gasteiger partial charge in [-0.25, -0.2) is 0 Å². The number of hydrogen-bond donors (Lipinski definition) is 0. The quantitative estimate of drug-likeness (QED) is 0.217. The molecule has 29 heavy (non-hydrogen) atoms. The number of benzene rings is 1. The van der Waals surface area contributed by atoms with Crippen LogP contribution >= 0.6 is 22.6 Å². The zero-order valence-corrected chi connectivity index (χ0v) is 22.0. The first-order valence-corrected chi connectivity index (χ1v) is 15.6. The predicted octanol–water partition coefficient (Wildman–Crippen LogP) is 6.96. The van der Waals surface area contributed by atoms with Crippen LogP contribution in [0.1, 0.15) is 58.4 Å². The highest BCUT2D eigenvalue weighted by Crippen LogP contribution is 2.53. The molecule has 1 saturated heterocycles. The third kappa shape index (κ3) is 5.85. The minimum absolute atomic E-state index is 0.0943. The monoisotopic (exact) mass is 530 g/mol. The van der Waals surface area contributed by atoms with Crippen LogP contribution in [-0.4, -0.2) is 37.1 Å². The summed E-state index contributed by atoms with van der Waals surface area (Å²) in [6.07, 6.45) is 6.69. The average Bonchev–Trinajstić information content (AvgIpc) is 2.98. The number of halogens is 1. The largest absolute Gasteiger partial charge is 0.374 e. The molecule has 0 radical (unpaired) electrons. The first-order valence-electron chi connectivity index (χ1n) is 11.3. The van der Waals surface area contributed by atoms with Crippen molar-refractivity contribution in [1.82, 2.24) is 0 Å². The lowest BCUT2D eigenvalue weighted by Gasteiger charge is -2.44. The molecule has 5 heteroatoms. The van der Waals surface area contributed by atoms with Crippen LogP contribution in [0.4, 0.5) is 0 Å². The molecule has 1 aromatic carbocycles. The van der Waals surface area contributed by atoms with E-state index < -0.39 is 8.07 Å². The van der Waals surface area contributed by atoms with E-state index in [2.05, 4.69) is 80.7 Å². The maximum atomic E-state index is 6.59. The number of ether oxygens (including phenoxy) is 3. The Kier molecular flexibility index (Phi) is 8.26. The smallest absolute Gasteiger partial charge is 0.170 e. The van der Waals surface area contributed by atoms with Gasteiger partial charge in [-0.15, -0.1) is 0 Å². The van der Waals surface area contributed by atoms with Gasteiger partial charge in [0, 0.05) is 0 Å². The second kappa shape index (κ2) is 10.1. The fraction of sp³-hybridized carbons (Fsp3) is 0.750. The Morgan fingerprint density at radius 2 is 1.72 bits per heavy atom. The third-order valence-electron chi connectivity index (χ3n) is 7.35. The van der Waals surface area contributed by atoms with Crippen LogP contribution in [0.15, 0.2) is 30.3 Å². The molecule has 4 atom stereocenters. The highest BCUT2D eigenvalue weighted by Gasteiger charge is 2.55. The highest BCUT2D eigenvalue weighted by molar-refractivity contribution is 14.1. The van der Waals surface area contributed by atoms with Gasteiger partial charge in [0.25, 0.3) is 0 Å². The van der Waals surface area contributed by atoms with Crippen LogP contribution < -0.4 is 0 Å². The van der Waals surface area contributed by atoms with E-state index in [1.807, 2.05) is 6.07 Å². The molecule has 0 N–H and O–H groups in total. The van der Waals surface area contributed by atoms with Crippen molar-refractivity contribution in [3.63, 3.8) is 0 Å². The van der Waals surface area contributed by atoms with Crippen molar-refractivity contribution in [2.75, 3.05) is 6.61 Å². The average molecular weight is 531 g/mol. The summed E-state index contributed by atoms with van der Waals surface area (Å²) in [5, 5.41) is 0.307. The summed E-state index contributed by atoms with van der Waals surface area (Å²) < 4.78 is 19.7. The van der Waals surface area contributed by atoms with E-state index in [0.717, 1.165) is 0 Å². The molecule has 0 aromatic heterocycles. The van der Waals surface area contributed by atoms with Crippen molar-refractivity contribution < 1.29 is 14.2 Å². The van der Waals surface area contributed by atoms with Gasteiger partial charge in [0.05, 0.1) is 37.4 Å². The molecule has 0 bridgehead atoms. The minimum Gasteiger partial charge on any atom is -0.374 e. The lowest BCUT2D eigenvalue weighted by atomic mass is 9.98. The van der Waals surface area contributed by atoms with E-state index in [1.165, 1.54) is 37.7 Å². The summed E-state index contributed by atoms with van der Waals surface area (Å²) in [7, 11) is -1.63. The van der Waals surface area contributed by atoms with E-state index in [1.54, 1.807) is 0 Å². The van der Waals surface area contributed by atoms with E-state index in [0.29, 0.717) is 33.8 Å². The van der Waals surface area contributed by atoms with Gasteiger partial charge < -0.3 is 14.2 Å². The van der Waals surface area contributed by atoms with Crippen LogP contribution in [0, 0.1) is 0 Å².